The molecule has 0 amide bonds. The summed E-state index contributed by atoms with van der Waals surface area (Å²) in [5.41, 5.74) is 0. The minimum Gasteiger partial charge on any atom is -0.303 e. The molecule has 14 heavy (non-hydrogen) atoms. The highest BCUT2D eigenvalue weighted by Gasteiger charge is 2.23. The van der Waals surface area contributed by atoms with Crippen LogP contribution in [0, 0.1) is 17.2 Å². The minimum atomic E-state index is -0.00120. The molecule has 1 atom stereocenters. The van der Waals surface area contributed by atoms with E-state index in [1.54, 1.807) is 0 Å². The van der Waals surface area contributed by atoms with Crippen LogP contribution in [0.5, 0.6) is 0 Å². The van der Waals surface area contributed by atoms with Gasteiger partial charge < -0.3 is 10.2 Å². The molecule has 0 saturated heterocycles. The molecule has 0 aromatic carbocycles. The first-order valence-corrected chi connectivity index (χ1v) is 5.57. The summed E-state index contributed by atoms with van der Waals surface area (Å²) >= 11 is 0. The quantitative estimate of drug-likeness (QED) is 0.664. The molecule has 1 N–H and O–H groups in total. The van der Waals surface area contributed by atoms with Crippen LogP contribution in [0.1, 0.15) is 26.2 Å². The van der Waals surface area contributed by atoms with Crippen LogP contribution in [0.2, 0.25) is 0 Å². The van der Waals surface area contributed by atoms with Gasteiger partial charge in [-0.15, -0.1) is 0 Å². The molecule has 1 rings (SSSR count). The Kier molecular flexibility index (Phi) is 4.92. The SMILES string of the molecule is CCCNC(C#N)CN(C)CC1CC1. The van der Waals surface area contributed by atoms with Crippen molar-refractivity contribution in [1.29, 1.82) is 5.26 Å². The van der Waals surface area contributed by atoms with Gasteiger partial charge in [-0.1, -0.05) is 6.92 Å². The summed E-state index contributed by atoms with van der Waals surface area (Å²) in [5, 5.41) is 12.2. The Labute approximate surface area is 87.1 Å². The van der Waals surface area contributed by atoms with Crippen LogP contribution in [-0.2, 0) is 0 Å². The van der Waals surface area contributed by atoms with Gasteiger partial charge in [-0.25, -0.2) is 0 Å². The van der Waals surface area contributed by atoms with Gasteiger partial charge >= 0.3 is 0 Å². The van der Waals surface area contributed by atoms with Crippen LogP contribution in [-0.4, -0.2) is 37.6 Å². The summed E-state index contributed by atoms with van der Waals surface area (Å²) in [4.78, 5) is 2.27. The lowest BCUT2D eigenvalue weighted by molar-refractivity contribution is 0.299. The maximum atomic E-state index is 8.91. The van der Waals surface area contributed by atoms with E-state index in [2.05, 4.69) is 30.3 Å². The molecule has 1 aliphatic rings. The molecule has 80 valence electrons. The van der Waals surface area contributed by atoms with E-state index in [-0.39, 0.29) is 6.04 Å². The van der Waals surface area contributed by atoms with Gasteiger partial charge in [0.1, 0.15) is 6.04 Å². The highest BCUT2D eigenvalue weighted by atomic mass is 15.1. The number of nitrogens with one attached hydrogen (secondary N) is 1. The van der Waals surface area contributed by atoms with Gasteiger partial charge in [-0.05, 0) is 38.8 Å². The Balaban J connectivity index is 2.13. The van der Waals surface area contributed by atoms with E-state index in [0.29, 0.717) is 0 Å². The Hall–Kier alpha value is -0.590. The lowest BCUT2D eigenvalue weighted by Gasteiger charge is -2.20. The predicted molar refractivity (Wildman–Crippen MR) is 57.9 cm³/mol. The van der Waals surface area contributed by atoms with E-state index in [0.717, 1.165) is 32.0 Å². The maximum absolute atomic E-state index is 8.91. The molecule has 0 aromatic heterocycles. The van der Waals surface area contributed by atoms with Crippen LogP contribution in [0.25, 0.3) is 0 Å². The lowest BCUT2D eigenvalue weighted by atomic mass is 10.2. The smallest absolute Gasteiger partial charge is 0.108 e. The number of hydrogen-bond donors (Lipinski definition) is 1. The normalized spacial score (nSPS) is 18.1. The largest absolute Gasteiger partial charge is 0.303 e. The van der Waals surface area contributed by atoms with E-state index < -0.39 is 0 Å². The second-order valence-electron chi connectivity index (χ2n) is 4.30. The molecular formula is C11H21N3. The number of hydrogen-bond acceptors (Lipinski definition) is 3. The van der Waals surface area contributed by atoms with E-state index in [9.17, 15) is 0 Å². The molecule has 1 aliphatic carbocycles. The molecule has 3 heteroatoms. The first-order valence-electron chi connectivity index (χ1n) is 5.57. The first-order chi connectivity index (χ1) is 6.76. The molecule has 3 nitrogen and oxygen atoms in total. The Bertz CT molecular complexity index is 193. The van der Waals surface area contributed by atoms with Gasteiger partial charge in [0.25, 0.3) is 0 Å². The average molecular weight is 195 g/mol. The van der Waals surface area contributed by atoms with Crippen LogP contribution >= 0.6 is 0 Å². The second kappa shape index (κ2) is 6.00. The molecule has 1 fully saturated rings. The number of nitriles is 1. The number of nitrogens with zero attached hydrogens (tertiary/aromatic N) is 2. The molecule has 0 heterocycles. The monoisotopic (exact) mass is 195 g/mol. The average Bonchev–Trinajstić information content (AvgIpc) is 2.95. The fourth-order valence-corrected chi connectivity index (χ4v) is 1.60. The molecule has 0 bridgehead atoms. The van der Waals surface area contributed by atoms with Gasteiger partial charge in [0.2, 0.25) is 0 Å². The third-order valence-corrected chi connectivity index (χ3v) is 2.56. The zero-order valence-electron chi connectivity index (χ0n) is 9.29. The zero-order chi connectivity index (χ0) is 10.4. The van der Waals surface area contributed by atoms with Crippen molar-refractivity contribution in [1.82, 2.24) is 10.2 Å². The lowest BCUT2D eigenvalue weighted by Crippen LogP contribution is -2.39. The van der Waals surface area contributed by atoms with Gasteiger partial charge in [-0.2, -0.15) is 5.26 Å². The highest BCUT2D eigenvalue weighted by Crippen LogP contribution is 2.29. The molecule has 0 aromatic rings. The van der Waals surface area contributed by atoms with Gasteiger partial charge in [0, 0.05) is 13.1 Å². The number of rotatable bonds is 7. The fraction of sp³-hybridized carbons (Fsp3) is 0.909. The van der Waals surface area contributed by atoms with Gasteiger partial charge in [-0.3, -0.25) is 0 Å². The molecule has 1 saturated carbocycles. The summed E-state index contributed by atoms with van der Waals surface area (Å²) in [5.74, 6) is 0.908. The van der Waals surface area contributed by atoms with Crippen LogP contribution in [0.15, 0.2) is 0 Å². The van der Waals surface area contributed by atoms with E-state index >= 15 is 0 Å². The van der Waals surface area contributed by atoms with Crippen molar-refractivity contribution >= 4 is 0 Å². The van der Waals surface area contributed by atoms with E-state index in [1.165, 1.54) is 12.8 Å². The van der Waals surface area contributed by atoms with Crippen molar-refractivity contribution < 1.29 is 0 Å². The van der Waals surface area contributed by atoms with Gasteiger partial charge in [0.15, 0.2) is 0 Å². The minimum absolute atomic E-state index is 0.00120. The summed E-state index contributed by atoms with van der Waals surface area (Å²) in [6, 6.07) is 2.31. The molecule has 1 unspecified atom stereocenters. The number of likely N-dealkylation sites (N-methyl/N-ethyl adjacent to an activating group) is 1. The van der Waals surface area contributed by atoms with Crippen molar-refractivity contribution in [3.63, 3.8) is 0 Å². The zero-order valence-corrected chi connectivity index (χ0v) is 9.29. The van der Waals surface area contributed by atoms with Crippen LogP contribution in [0.4, 0.5) is 0 Å². The fourth-order valence-electron chi connectivity index (χ4n) is 1.60. The molecule has 0 spiro atoms. The van der Waals surface area contributed by atoms with E-state index in [4.69, 9.17) is 5.26 Å². The third-order valence-electron chi connectivity index (χ3n) is 2.56. The van der Waals surface area contributed by atoms with Gasteiger partial charge in [0.05, 0.1) is 6.07 Å². The summed E-state index contributed by atoms with van der Waals surface area (Å²) in [6.07, 6.45) is 3.85. The first kappa shape index (κ1) is 11.5. The molecular weight excluding hydrogens is 174 g/mol. The standard InChI is InChI=1S/C11H21N3/c1-3-6-13-11(7-12)9-14(2)8-10-4-5-10/h10-11,13H,3-6,8-9H2,1-2H3. The summed E-state index contributed by atoms with van der Waals surface area (Å²) < 4.78 is 0. The Morgan fingerprint density at radius 3 is 2.79 bits per heavy atom. The van der Waals surface area contributed by atoms with Crippen molar-refractivity contribution in [2.45, 2.75) is 32.2 Å². The molecule has 0 radical (unpaired) electrons. The summed E-state index contributed by atoms with van der Waals surface area (Å²) in [7, 11) is 2.11. The van der Waals surface area contributed by atoms with E-state index in [1.807, 2.05) is 0 Å². The van der Waals surface area contributed by atoms with Crippen LogP contribution < -0.4 is 5.32 Å². The van der Waals surface area contributed by atoms with Crippen molar-refractivity contribution in [2.75, 3.05) is 26.7 Å². The topological polar surface area (TPSA) is 39.1 Å². The Morgan fingerprint density at radius 1 is 1.57 bits per heavy atom. The molecule has 0 aliphatic heterocycles. The Morgan fingerprint density at radius 2 is 2.29 bits per heavy atom. The third kappa shape index (κ3) is 4.59. The second-order valence-corrected chi connectivity index (χ2v) is 4.30. The van der Waals surface area contributed by atoms with Crippen molar-refractivity contribution in [3.05, 3.63) is 0 Å². The summed E-state index contributed by atoms with van der Waals surface area (Å²) in [6.45, 7) is 5.07. The highest BCUT2D eigenvalue weighted by molar-refractivity contribution is 4.92. The van der Waals surface area contributed by atoms with Crippen LogP contribution in [0.3, 0.4) is 0 Å². The van der Waals surface area contributed by atoms with Crippen molar-refractivity contribution in [3.8, 4) is 6.07 Å². The predicted octanol–water partition coefficient (Wildman–Crippen LogP) is 1.22. The maximum Gasteiger partial charge on any atom is 0.108 e. The van der Waals surface area contributed by atoms with Crippen molar-refractivity contribution in [2.24, 2.45) is 5.92 Å².